The summed E-state index contributed by atoms with van der Waals surface area (Å²) in [5.74, 6) is 0. The van der Waals surface area contributed by atoms with Gasteiger partial charge in [-0.1, -0.05) is 0 Å². The minimum absolute atomic E-state index is 0.265. The van der Waals surface area contributed by atoms with Crippen molar-refractivity contribution in [1.82, 2.24) is 10.6 Å². The van der Waals surface area contributed by atoms with E-state index in [1.54, 1.807) is 18.4 Å². The van der Waals surface area contributed by atoms with Crippen LogP contribution >= 0.6 is 27.3 Å². The predicted octanol–water partition coefficient (Wildman–Crippen LogP) is 3.92. The molecule has 0 aliphatic carbocycles. The van der Waals surface area contributed by atoms with Crippen molar-refractivity contribution in [2.24, 2.45) is 0 Å². The van der Waals surface area contributed by atoms with Crippen LogP contribution in [0.1, 0.15) is 38.5 Å². The number of thiophene rings is 1. The Morgan fingerprint density at radius 1 is 1.43 bits per heavy atom. The number of hydrogen-bond acceptors (Lipinski definition) is 5. The highest BCUT2D eigenvalue weighted by molar-refractivity contribution is 9.10. The molecule has 1 rings (SSSR count). The molecule has 1 atom stereocenters. The van der Waals surface area contributed by atoms with Gasteiger partial charge in [0.1, 0.15) is 5.60 Å². The second-order valence-corrected chi connectivity index (χ2v) is 8.25. The van der Waals surface area contributed by atoms with Crippen LogP contribution in [-0.4, -0.2) is 38.0 Å². The van der Waals surface area contributed by atoms with Crippen molar-refractivity contribution in [1.29, 1.82) is 0 Å². The second-order valence-electron chi connectivity index (χ2n) is 6.34. The zero-order valence-electron chi connectivity index (χ0n) is 14.3. The molecule has 0 saturated heterocycles. The molecule has 2 N–H and O–H groups in total. The highest BCUT2D eigenvalue weighted by atomic mass is 79.9. The summed E-state index contributed by atoms with van der Waals surface area (Å²) in [6, 6.07) is 2.38. The summed E-state index contributed by atoms with van der Waals surface area (Å²) in [6.07, 6.45) is 1.43. The Labute approximate surface area is 151 Å². The molecular formula is C16H27BrN2O3S. The van der Waals surface area contributed by atoms with E-state index in [2.05, 4.69) is 38.0 Å². The van der Waals surface area contributed by atoms with Crippen LogP contribution in [-0.2, 0) is 16.0 Å². The van der Waals surface area contributed by atoms with Gasteiger partial charge in [0, 0.05) is 41.0 Å². The second kappa shape index (κ2) is 10.3. The summed E-state index contributed by atoms with van der Waals surface area (Å²) >= 11 is 5.18. The Morgan fingerprint density at radius 2 is 2.17 bits per heavy atom. The van der Waals surface area contributed by atoms with Gasteiger partial charge >= 0.3 is 6.09 Å². The number of rotatable bonds is 9. The van der Waals surface area contributed by atoms with Gasteiger partial charge in [0.2, 0.25) is 0 Å². The average Bonchev–Trinajstić information content (AvgIpc) is 2.84. The lowest BCUT2D eigenvalue weighted by atomic mass is 10.1. The van der Waals surface area contributed by atoms with Gasteiger partial charge in [-0.25, -0.2) is 4.79 Å². The van der Waals surface area contributed by atoms with E-state index in [4.69, 9.17) is 9.47 Å². The molecule has 132 valence electrons. The van der Waals surface area contributed by atoms with Crippen LogP contribution in [0.25, 0.3) is 0 Å². The molecule has 0 spiro atoms. The normalized spacial score (nSPS) is 12.9. The van der Waals surface area contributed by atoms with Crippen LogP contribution in [0.2, 0.25) is 0 Å². The maximum absolute atomic E-state index is 11.6. The van der Waals surface area contributed by atoms with Crippen LogP contribution in [0, 0.1) is 0 Å². The van der Waals surface area contributed by atoms with E-state index in [0.29, 0.717) is 13.2 Å². The van der Waals surface area contributed by atoms with Crippen LogP contribution in [0.15, 0.2) is 15.9 Å². The van der Waals surface area contributed by atoms with Crippen molar-refractivity contribution in [2.45, 2.75) is 51.8 Å². The van der Waals surface area contributed by atoms with E-state index in [-0.39, 0.29) is 12.1 Å². The fourth-order valence-corrected chi connectivity index (χ4v) is 3.39. The smallest absolute Gasteiger partial charge is 0.407 e. The van der Waals surface area contributed by atoms with Gasteiger partial charge in [-0.05, 0) is 55.6 Å². The van der Waals surface area contributed by atoms with E-state index in [0.717, 1.165) is 23.9 Å². The van der Waals surface area contributed by atoms with Gasteiger partial charge in [-0.3, -0.25) is 0 Å². The first-order chi connectivity index (χ1) is 10.8. The third kappa shape index (κ3) is 9.96. The highest BCUT2D eigenvalue weighted by Gasteiger charge is 2.15. The third-order valence-electron chi connectivity index (χ3n) is 2.95. The number of amides is 1. The molecule has 1 aromatic rings. The lowest BCUT2D eigenvalue weighted by molar-refractivity contribution is 0.0526. The van der Waals surface area contributed by atoms with Gasteiger partial charge in [0.05, 0.1) is 6.61 Å². The Bertz CT molecular complexity index is 474. The summed E-state index contributed by atoms with van der Waals surface area (Å²) in [5, 5.41) is 8.35. The molecule has 23 heavy (non-hydrogen) atoms. The van der Waals surface area contributed by atoms with E-state index in [1.807, 2.05) is 20.8 Å². The van der Waals surface area contributed by atoms with E-state index < -0.39 is 5.60 Å². The zero-order chi connectivity index (χ0) is 17.3. The summed E-state index contributed by atoms with van der Waals surface area (Å²) in [4.78, 5) is 12.8. The van der Waals surface area contributed by atoms with E-state index in [9.17, 15) is 4.79 Å². The standard InChI is InChI=1S/C16H27BrN2O3S/c1-16(2,3)22-15(20)18-7-5-6-13(10-21-4)19-9-14-8-12(17)11-23-14/h8,11,13,19H,5-7,9-10H2,1-4H3,(H,18,20). The molecule has 0 radical (unpaired) electrons. The first-order valence-electron chi connectivity index (χ1n) is 7.72. The number of methoxy groups -OCH3 is 1. The van der Waals surface area contributed by atoms with Gasteiger partial charge < -0.3 is 20.1 Å². The lowest BCUT2D eigenvalue weighted by Crippen LogP contribution is -2.35. The molecule has 5 nitrogen and oxygen atoms in total. The average molecular weight is 407 g/mol. The summed E-state index contributed by atoms with van der Waals surface area (Å²) < 4.78 is 11.6. The van der Waals surface area contributed by atoms with Gasteiger partial charge in [0.25, 0.3) is 0 Å². The minimum Gasteiger partial charge on any atom is -0.444 e. The molecule has 1 aromatic heterocycles. The van der Waals surface area contributed by atoms with Crippen molar-refractivity contribution in [2.75, 3.05) is 20.3 Å². The number of hydrogen-bond donors (Lipinski definition) is 2. The molecular weight excluding hydrogens is 380 g/mol. The number of carbonyl (C=O) groups excluding carboxylic acids is 1. The molecule has 0 aliphatic heterocycles. The van der Waals surface area contributed by atoms with E-state index >= 15 is 0 Å². The Morgan fingerprint density at radius 3 is 2.74 bits per heavy atom. The largest absolute Gasteiger partial charge is 0.444 e. The van der Waals surface area contributed by atoms with Gasteiger partial charge in [-0.15, -0.1) is 11.3 Å². The van der Waals surface area contributed by atoms with E-state index in [1.165, 1.54) is 4.88 Å². The monoisotopic (exact) mass is 406 g/mol. The molecule has 1 amide bonds. The first-order valence-corrected chi connectivity index (χ1v) is 9.39. The number of alkyl carbamates (subject to hydrolysis) is 1. The van der Waals surface area contributed by atoms with Gasteiger partial charge in [-0.2, -0.15) is 0 Å². The predicted molar refractivity (Wildman–Crippen MR) is 98.0 cm³/mol. The molecule has 1 unspecified atom stereocenters. The number of ether oxygens (including phenoxy) is 2. The molecule has 7 heteroatoms. The maximum Gasteiger partial charge on any atom is 0.407 e. The number of halogens is 1. The van der Waals surface area contributed by atoms with Crippen LogP contribution in [0.5, 0.6) is 0 Å². The molecule has 1 heterocycles. The Hall–Kier alpha value is -0.630. The summed E-state index contributed by atoms with van der Waals surface area (Å²) in [6.45, 7) is 7.64. The summed E-state index contributed by atoms with van der Waals surface area (Å²) in [7, 11) is 1.70. The van der Waals surface area contributed by atoms with Crippen molar-refractivity contribution < 1.29 is 14.3 Å². The Balaban J connectivity index is 2.23. The van der Waals surface area contributed by atoms with Crippen LogP contribution in [0.3, 0.4) is 0 Å². The first kappa shape index (κ1) is 20.4. The molecule has 0 saturated carbocycles. The van der Waals surface area contributed by atoms with Crippen LogP contribution in [0.4, 0.5) is 4.79 Å². The SMILES string of the molecule is COCC(CCCNC(=O)OC(C)(C)C)NCc1cc(Br)cs1. The fourth-order valence-electron chi connectivity index (χ4n) is 1.99. The van der Waals surface area contributed by atoms with Crippen LogP contribution < -0.4 is 10.6 Å². The quantitative estimate of drug-likeness (QED) is 0.610. The topological polar surface area (TPSA) is 59.6 Å². The fraction of sp³-hybridized carbons (Fsp3) is 0.688. The lowest BCUT2D eigenvalue weighted by Gasteiger charge is -2.20. The third-order valence-corrected chi connectivity index (χ3v) is 4.65. The zero-order valence-corrected chi connectivity index (χ0v) is 16.7. The molecule has 0 fully saturated rings. The van der Waals surface area contributed by atoms with Crippen molar-refractivity contribution >= 4 is 33.4 Å². The summed E-state index contributed by atoms with van der Waals surface area (Å²) in [5.41, 5.74) is -0.459. The maximum atomic E-state index is 11.6. The molecule has 0 aromatic carbocycles. The number of carbonyl (C=O) groups is 1. The van der Waals surface area contributed by atoms with Crippen molar-refractivity contribution in [3.05, 3.63) is 20.8 Å². The van der Waals surface area contributed by atoms with Gasteiger partial charge in [0.15, 0.2) is 0 Å². The van der Waals surface area contributed by atoms with Crippen molar-refractivity contribution in [3.63, 3.8) is 0 Å². The van der Waals surface area contributed by atoms with Crippen molar-refractivity contribution in [3.8, 4) is 0 Å². The molecule has 0 aliphatic rings. The Kier molecular flexibility index (Phi) is 9.12. The highest BCUT2D eigenvalue weighted by Crippen LogP contribution is 2.19. The number of nitrogens with one attached hydrogen (secondary N) is 2. The minimum atomic E-state index is -0.459. The molecule has 0 bridgehead atoms.